The summed E-state index contributed by atoms with van der Waals surface area (Å²) in [5.74, 6) is -0.425. The Labute approximate surface area is 154 Å². The fraction of sp³-hybridized carbons (Fsp3) is 0.333. The molecule has 1 aliphatic carbocycles. The number of ether oxygens (including phenoxy) is 1. The van der Waals surface area contributed by atoms with Gasteiger partial charge in [-0.3, -0.25) is 9.69 Å². The Kier molecular flexibility index (Phi) is 5.68. The average Bonchev–Trinajstić information content (AvgIpc) is 3.06. The number of carbonyl (C=O) groups excluding carboxylic acids is 2. The van der Waals surface area contributed by atoms with Gasteiger partial charge in [-0.05, 0) is 62.2 Å². The van der Waals surface area contributed by atoms with Crippen molar-refractivity contribution < 1.29 is 14.3 Å². The molecule has 26 heavy (non-hydrogen) atoms. The molecule has 0 fully saturated rings. The van der Waals surface area contributed by atoms with E-state index in [9.17, 15) is 9.59 Å². The van der Waals surface area contributed by atoms with Crippen LogP contribution < -0.4 is 5.32 Å². The number of hydrogen-bond donors (Lipinski definition) is 1. The number of anilines is 1. The molecule has 0 aliphatic heterocycles. The predicted octanol–water partition coefficient (Wildman–Crippen LogP) is 3.42. The molecule has 1 aliphatic rings. The van der Waals surface area contributed by atoms with Crippen molar-refractivity contribution in [2.75, 3.05) is 25.5 Å². The van der Waals surface area contributed by atoms with E-state index in [2.05, 4.69) is 34.5 Å². The van der Waals surface area contributed by atoms with Gasteiger partial charge in [-0.1, -0.05) is 24.3 Å². The van der Waals surface area contributed by atoms with E-state index < -0.39 is 0 Å². The second-order valence-electron chi connectivity index (χ2n) is 6.51. The zero-order chi connectivity index (χ0) is 18.5. The van der Waals surface area contributed by atoms with Gasteiger partial charge in [-0.2, -0.15) is 0 Å². The van der Waals surface area contributed by atoms with Gasteiger partial charge in [0.25, 0.3) is 0 Å². The van der Waals surface area contributed by atoms with Gasteiger partial charge in [0.15, 0.2) is 0 Å². The Morgan fingerprint density at radius 2 is 1.88 bits per heavy atom. The second-order valence-corrected chi connectivity index (χ2v) is 6.51. The predicted molar refractivity (Wildman–Crippen MR) is 101 cm³/mol. The van der Waals surface area contributed by atoms with E-state index >= 15 is 0 Å². The lowest BCUT2D eigenvalue weighted by Gasteiger charge is -2.24. The van der Waals surface area contributed by atoms with Crippen LogP contribution in [0.25, 0.3) is 0 Å². The smallest absolute Gasteiger partial charge is 0.338 e. The molecule has 0 unspecified atom stereocenters. The van der Waals surface area contributed by atoms with Crippen LogP contribution in [0.2, 0.25) is 0 Å². The number of nitrogens with zero attached hydrogens (tertiary/aromatic N) is 1. The third-order valence-corrected chi connectivity index (χ3v) is 4.71. The van der Waals surface area contributed by atoms with Crippen LogP contribution in [0.3, 0.4) is 0 Å². The number of carbonyl (C=O) groups is 2. The highest BCUT2D eigenvalue weighted by Gasteiger charge is 2.26. The van der Waals surface area contributed by atoms with Crippen molar-refractivity contribution in [2.24, 2.45) is 0 Å². The zero-order valence-corrected chi connectivity index (χ0v) is 15.2. The Morgan fingerprint density at radius 1 is 1.15 bits per heavy atom. The maximum Gasteiger partial charge on any atom is 0.338 e. The van der Waals surface area contributed by atoms with Crippen LogP contribution in [0.1, 0.15) is 40.9 Å². The first-order valence-electron chi connectivity index (χ1n) is 8.93. The third-order valence-electron chi connectivity index (χ3n) is 4.71. The van der Waals surface area contributed by atoms with Gasteiger partial charge < -0.3 is 10.1 Å². The van der Waals surface area contributed by atoms with Gasteiger partial charge in [0, 0.05) is 11.7 Å². The number of benzene rings is 2. The molecule has 1 amide bonds. The molecular weight excluding hydrogens is 328 g/mol. The number of hydrogen-bond acceptors (Lipinski definition) is 4. The van der Waals surface area contributed by atoms with Crippen molar-refractivity contribution in [3.8, 4) is 0 Å². The summed E-state index contributed by atoms with van der Waals surface area (Å²) < 4.78 is 4.95. The molecule has 5 heteroatoms. The molecule has 0 saturated heterocycles. The monoisotopic (exact) mass is 352 g/mol. The Balaban J connectivity index is 1.56. The Bertz CT molecular complexity index is 786. The fourth-order valence-electron chi connectivity index (χ4n) is 3.43. The lowest BCUT2D eigenvalue weighted by molar-refractivity contribution is -0.117. The summed E-state index contributed by atoms with van der Waals surface area (Å²) in [5.41, 5.74) is 3.84. The number of nitrogens with one attached hydrogen (secondary N) is 1. The van der Waals surface area contributed by atoms with Crippen LogP contribution in [0, 0.1) is 0 Å². The van der Waals surface area contributed by atoms with Crippen molar-refractivity contribution in [2.45, 2.75) is 25.8 Å². The van der Waals surface area contributed by atoms with Crippen molar-refractivity contribution >= 4 is 17.6 Å². The number of rotatable bonds is 6. The summed E-state index contributed by atoms with van der Waals surface area (Å²) in [7, 11) is 1.98. The van der Waals surface area contributed by atoms with Crippen LogP contribution >= 0.6 is 0 Å². The van der Waals surface area contributed by atoms with E-state index in [1.807, 2.05) is 7.05 Å². The zero-order valence-electron chi connectivity index (χ0n) is 15.2. The standard InChI is InChI=1S/C21H24N2O3/c1-3-26-21(25)16-8-11-17(12-9-16)22-20(24)14-23(2)19-13-10-15-6-4-5-7-18(15)19/h4-9,11-12,19H,3,10,13-14H2,1-2H3,(H,22,24)/t19-/m0/s1. The van der Waals surface area contributed by atoms with E-state index in [1.54, 1.807) is 31.2 Å². The Hall–Kier alpha value is -2.66. The largest absolute Gasteiger partial charge is 0.462 e. The molecule has 2 aromatic carbocycles. The van der Waals surface area contributed by atoms with E-state index in [0.29, 0.717) is 24.4 Å². The number of fused-ring (bicyclic) bond motifs is 1. The summed E-state index contributed by atoms with van der Waals surface area (Å²) in [6.07, 6.45) is 2.10. The minimum Gasteiger partial charge on any atom is -0.462 e. The van der Waals surface area contributed by atoms with Crippen molar-refractivity contribution in [1.29, 1.82) is 0 Å². The normalized spacial score (nSPS) is 15.6. The molecule has 0 bridgehead atoms. The third kappa shape index (κ3) is 4.11. The van der Waals surface area contributed by atoms with E-state index in [4.69, 9.17) is 4.74 Å². The van der Waals surface area contributed by atoms with Gasteiger partial charge in [0.1, 0.15) is 0 Å². The highest BCUT2D eigenvalue weighted by Crippen LogP contribution is 2.34. The topological polar surface area (TPSA) is 58.6 Å². The summed E-state index contributed by atoms with van der Waals surface area (Å²) in [6.45, 7) is 2.43. The van der Waals surface area contributed by atoms with Gasteiger partial charge in [-0.15, -0.1) is 0 Å². The molecule has 0 spiro atoms. The first kappa shape index (κ1) is 18.1. The van der Waals surface area contributed by atoms with Gasteiger partial charge in [0.2, 0.25) is 5.91 Å². The molecule has 3 rings (SSSR count). The molecule has 2 aromatic rings. The molecule has 0 saturated carbocycles. The van der Waals surface area contributed by atoms with Crippen LogP contribution in [-0.2, 0) is 16.0 Å². The van der Waals surface area contributed by atoms with Gasteiger partial charge in [0.05, 0.1) is 18.7 Å². The maximum absolute atomic E-state index is 12.4. The first-order valence-corrected chi connectivity index (χ1v) is 8.93. The first-order chi connectivity index (χ1) is 12.6. The molecule has 0 radical (unpaired) electrons. The highest BCUT2D eigenvalue weighted by atomic mass is 16.5. The van der Waals surface area contributed by atoms with E-state index in [0.717, 1.165) is 12.8 Å². The van der Waals surface area contributed by atoms with E-state index in [-0.39, 0.29) is 17.9 Å². The number of amides is 1. The molecule has 136 valence electrons. The van der Waals surface area contributed by atoms with Gasteiger partial charge >= 0.3 is 5.97 Å². The fourth-order valence-corrected chi connectivity index (χ4v) is 3.43. The molecule has 5 nitrogen and oxygen atoms in total. The summed E-state index contributed by atoms with van der Waals surface area (Å²) in [4.78, 5) is 26.1. The SMILES string of the molecule is CCOC(=O)c1ccc(NC(=O)CN(C)[C@H]2CCc3ccccc32)cc1. The van der Waals surface area contributed by atoms with Crippen LogP contribution in [-0.4, -0.2) is 37.0 Å². The average molecular weight is 352 g/mol. The summed E-state index contributed by atoms with van der Waals surface area (Å²) in [5, 5.41) is 2.89. The van der Waals surface area contributed by atoms with Crippen LogP contribution in [0.15, 0.2) is 48.5 Å². The summed E-state index contributed by atoms with van der Waals surface area (Å²) in [6, 6.07) is 15.5. The quantitative estimate of drug-likeness (QED) is 0.810. The van der Waals surface area contributed by atoms with Gasteiger partial charge in [-0.25, -0.2) is 4.79 Å². The number of esters is 1. The molecular formula is C21H24N2O3. The van der Waals surface area contributed by atoms with Crippen LogP contribution in [0.4, 0.5) is 5.69 Å². The molecule has 0 aromatic heterocycles. The molecule has 1 N–H and O–H groups in total. The number of aryl methyl sites for hydroxylation is 1. The minimum absolute atomic E-state index is 0.0687. The molecule has 0 heterocycles. The molecule has 1 atom stereocenters. The number of likely N-dealkylation sites (N-methyl/N-ethyl adjacent to an activating group) is 1. The van der Waals surface area contributed by atoms with Crippen molar-refractivity contribution in [1.82, 2.24) is 4.90 Å². The Morgan fingerprint density at radius 3 is 2.62 bits per heavy atom. The van der Waals surface area contributed by atoms with Crippen molar-refractivity contribution in [3.05, 3.63) is 65.2 Å². The summed E-state index contributed by atoms with van der Waals surface area (Å²) >= 11 is 0. The minimum atomic E-state index is -0.356. The van der Waals surface area contributed by atoms with Crippen molar-refractivity contribution in [3.63, 3.8) is 0 Å². The highest BCUT2D eigenvalue weighted by molar-refractivity contribution is 5.94. The lowest BCUT2D eigenvalue weighted by atomic mass is 10.1. The van der Waals surface area contributed by atoms with Crippen LogP contribution in [0.5, 0.6) is 0 Å². The maximum atomic E-state index is 12.4. The lowest BCUT2D eigenvalue weighted by Crippen LogP contribution is -2.32. The second kappa shape index (κ2) is 8.15. The van der Waals surface area contributed by atoms with E-state index in [1.165, 1.54) is 11.1 Å².